The third-order valence-corrected chi connectivity index (χ3v) is 3.18. The average Bonchev–Trinajstić information content (AvgIpc) is 2.35. The average molecular weight is 352 g/mol. The highest BCUT2D eigenvalue weighted by Crippen LogP contribution is 2.20. The summed E-state index contributed by atoms with van der Waals surface area (Å²) in [5, 5.41) is 2.77. The lowest BCUT2D eigenvalue weighted by atomic mass is 9.92. The van der Waals surface area contributed by atoms with Gasteiger partial charge in [0.25, 0.3) is 0 Å². The van der Waals surface area contributed by atoms with E-state index >= 15 is 0 Å². The van der Waals surface area contributed by atoms with E-state index in [1.54, 1.807) is 6.92 Å². The van der Waals surface area contributed by atoms with Gasteiger partial charge in [0, 0.05) is 17.6 Å². The fraction of sp³-hybridized carbons (Fsp3) is 0.462. The Morgan fingerprint density at radius 2 is 2.00 bits per heavy atom. The molecule has 1 amide bonds. The van der Waals surface area contributed by atoms with E-state index < -0.39 is 5.54 Å². The zero-order valence-corrected chi connectivity index (χ0v) is 13.5. The first-order valence-electron chi connectivity index (χ1n) is 5.89. The first-order chi connectivity index (χ1) is 8.48. The Morgan fingerprint density at radius 3 is 2.53 bits per heavy atom. The largest absolute Gasteiger partial charge is 0.380 e. The minimum absolute atomic E-state index is 0. The normalized spacial score (nSPS) is 13.3. The summed E-state index contributed by atoms with van der Waals surface area (Å²) in [6.07, 6.45) is 0. The minimum Gasteiger partial charge on any atom is -0.380 e. The van der Waals surface area contributed by atoms with E-state index in [0.29, 0.717) is 19.8 Å². The van der Waals surface area contributed by atoms with Crippen molar-refractivity contribution < 1.29 is 9.53 Å². The predicted molar refractivity (Wildman–Crippen MR) is 82.4 cm³/mol. The van der Waals surface area contributed by atoms with Crippen molar-refractivity contribution in [2.24, 2.45) is 5.73 Å². The molecule has 4 nitrogen and oxygen atoms in total. The smallest absolute Gasteiger partial charge is 0.244 e. The number of amides is 1. The maximum Gasteiger partial charge on any atom is 0.244 e. The number of hydrogen-bond acceptors (Lipinski definition) is 3. The molecule has 0 fully saturated rings. The van der Waals surface area contributed by atoms with Crippen LogP contribution >= 0.6 is 28.3 Å². The number of hydrogen-bond donors (Lipinski definition) is 2. The van der Waals surface area contributed by atoms with Crippen molar-refractivity contribution in [3.63, 3.8) is 0 Å². The van der Waals surface area contributed by atoms with Crippen LogP contribution in [0.25, 0.3) is 0 Å². The van der Waals surface area contributed by atoms with Gasteiger partial charge in [-0.05, 0) is 31.5 Å². The summed E-state index contributed by atoms with van der Waals surface area (Å²) in [5.41, 5.74) is 5.82. The Labute approximate surface area is 128 Å². The summed E-state index contributed by atoms with van der Waals surface area (Å²) < 4.78 is 6.11. The molecule has 3 N–H and O–H groups in total. The van der Waals surface area contributed by atoms with E-state index in [0.717, 1.165) is 10.0 Å². The number of rotatable bonds is 6. The molecule has 108 valence electrons. The van der Waals surface area contributed by atoms with Gasteiger partial charge in [-0.1, -0.05) is 28.1 Å². The third kappa shape index (κ3) is 5.48. The molecule has 0 saturated heterocycles. The maximum atomic E-state index is 12.0. The van der Waals surface area contributed by atoms with Gasteiger partial charge in [0.2, 0.25) is 5.91 Å². The number of nitrogens with one attached hydrogen (secondary N) is 1. The Kier molecular flexibility index (Phi) is 8.25. The van der Waals surface area contributed by atoms with Crippen molar-refractivity contribution in [2.45, 2.75) is 19.4 Å². The lowest BCUT2D eigenvalue weighted by Crippen LogP contribution is -2.49. The summed E-state index contributed by atoms with van der Waals surface area (Å²) in [6, 6.07) is 7.42. The molecule has 1 aromatic carbocycles. The second-order valence-corrected chi connectivity index (χ2v) is 5.08. The topological polar surface area (TPSA) is 64.3 Å². The highest BCUT2D eigenvalue weighted by atomic mass is 79.9. The predicted octanol–water partition coefficient (Wildman–Crippen LogP) is 2.20. The molecule has 0 aliphatic carbocycles. The second kappa shape index (κ2) is 8.53. The molecule has 1 atom stereocenters. The minimum atomic E-state index is -1.03. The molecule has 0 bridgehead atoms. The number of carbonyl (C=O) groups is 1. The number of halogens is 2. The molecule has 0 saturated carbocycles. The number of benzene rings is 1. The maximum absolute atomic E-state index is 12.0. The van der Waals surface area contributed by atoms with Gasteiger partial charge in [-0.2, -0.15) is 0 Å². The fourth-order valence-electron chi connectivity index (χ4n) is 1.49. The number of nitrogens with two attached hydrogens (primary N) is 1. The Morgan fingerprint density at radius 1 is 1.42 bits per heavy atom. The number of ether oxygens (including phenoxy) is 1. The van der Waals surface area contributed by atoms with Gasteiger partial charge in [-0.25, -0.2) is 0 Å². The van der Waals surface area contributed by atoms with Crippen LogP contribution in [0, 0.1) is 0 Å². The quantitative estimate of drug-likeness (QED) is 0.772. The summed E-state index contributed by atoms with van der Waals surface area (Å²) in [5.74, 6) is -0.204. The van der Waals surface area contributed by atoms with Crippen molar-refractivity contribution in [3.8, 4) is 0 Å². The lowest BCUT2D eigenvalue weighted by Gasteiger charge is -2.24. The van der Waals surface area contributed by atoms with Gasteiger partial charge in [0.15, 0.2) is 0 Å². The summed E-state index contributed by atoms with van der Waals surface area (Å²) in [6.45, 7) is 5.22. The zero-order valence-electron chi connectivity index (χ0n) is 11.1. The molecule has 0 heterocycles. The molecule has 1 unspecified atom stereocenters. The van der Waals surface area contributed by atoms with Crippen molar-refractivity contribution in [2.75, 3.05) is 19.8 Å². The van der Waals surface area contributed by atoms with Gasteiger partial charge < -0.3 is 15.8 Å². The SMILES string of the molecule is CCOCCNC(=O)C(C)(N)c1ccc(Br)cc1.Cl. The molecule has 1 aromatic rings. The van der Waals surface area contributed by atoms with Crippen molar-refractivity contribution >= 4 is 34.2 Å². The summed E-state index contributed by atoms with van der Waals surface area (Å²) in [7, 11) is 0. The first-order valence-corrected chi connectivity index (χ1v) is 6.68. The van der Waals surface area contributed by atoms with E-state index in [1.165, 1.54) is 0 Å². The summed E-state index contributed by atoms with van der Waals surface area (Å²) >= 11 is 3.35. The van der Waals surface area contributed by atoms with Crippen LogP contribution in [-0.2, 0) is 15.1 Å². The van der Waals surface area contributed by atoms with Crippen LogP contribution in [0.1, 0.15) is 19.4 Å². The Hall–Kier alpha value is -0.620. The van der Waals surface area contributed by atoms with Crippen LogP contribution in [0.3, 0.4) is 0 Å². The molecule has 0 aliphatic heterocycles. The molecular formula is C13H20BrClN2O2. The monoisotopic (exact) mass is 350 g/mol. The first kappa shape index (κ1) is 18.4. The fourth-order valence-corrected chi connectivity index (χ4v) is 1.76. The molecule has 0 spiro atoms. The standard InChI is InChI=1S/C13H19BrN2O2.ClH/c1-3-18-9-8-16-12(17)13(2,15)10-4-6-11(14)7-5-10;/h4-7H,3,8-9,15H2,1-2H3,(H,16,17);1H. The van der Waals surface area contributed by atoms with Gasteiger partial charge in [0.1, 0.15) is 5.54 Å². The van der Waals surface area contributed by atoms with E-state index in [-0.39, 0.29) is 18.3 Å². The summed E-state index contributed by atoms with van der Waals surface area (Å²) in [4.78, 5) is 12.0. The van der Waals surface area contributed by atoms with Crippen LogP contribution in [0.5, 0.6) is 0 Å². The van der Waals surface area contributed by atoms with Gasteiger partial charge in [-0.15, -0.1) is 12.4 Å². The third-order valence-electron chi connectivity index (χ3n) is 2.65. The molecule has 19 heavy (non-hydrogen) atoms. The van der Waals surface area contributed by atoms with Crippen LogP contribution in [-0.4, -0.2) is 25.7 Å². The molecule has 0 aromatic heterocycles. The molecule has 0 radical (unpaired) electrons. The molecule has 0 aliphatic rings. The lowest BCUT2D eigenvalue weighted by molar-refractivity contribution is -0.126. The van der Waals surface area contributed by atoms with Crippen LogP contribution in [0.4, 0.5) is 0 Å². The molecule has 1 rings (SSSR count). The Balaban J connectivity index is 0.00000324. The molecular weight excluding hydrogens is 332 g/mol. The van der Waals surface area contributed by atoms with E-state index in [4.69, 9.17) is 10.5 Å². The van der Waals surface area contributed by atoms with Gasteiger partial charge in [-0.3, -0.25) is 4.79 Å². The van der Waals surface area contributed by atoms with E-state index in [1.807, 2.05) is 31.2 Å². The van der Waals surface area contributed by atoms with Crippen molar-refractivity contribution in [1.82, 2.24) is 5.32 Å². The van der Waals surface area contributed by atoms with E-state index in [9.17, 15) is 4.79 Å². The van der Waals surface area contributed by atoms with Crippen LogP contribution in [0.2, 0.25) is 0 Å². The highest BCUT2D eigenvalue weighted by molar-refractivity contribution is 9.10. The number of carbonyl (C=O) groups excluding carboxylic acids is 1. The van der Waals surface area contributed by atoms with Crippen LogP contribution < -0.4 is 11.1 Å². The molecule has 6 heteroatoms. The van der Waals surface area contributed by atoms with Crippen molar-refractivity contribution in [3.05, 3.63) is 34.3 Å². The Bertz CT molecular complexity index is 396. The van der Waals surface area contributed by atoms with Crippen LogP contribution in [0.15, 0.2) is 28.7 Å². The second-order valence-electron chi connectivity index (χ2n) is 4.16. The van der Waals surface area contributed by atoms with Crippen molar-refractivity contribution in [1.29, 1.82) is 0 Å². The van der Waals surface area contributed by atoms with Gasteiger partial charge >= 0.3 is 0 Å². The zero-order chi connectivity index (χ0) is 13.6. The van der Waals surface area contributed by atoms with Gasteiger partial charge in [0.05, 0.1) is 6.61 Å². The highest BCUT2D eigenvalue weighted by Gasteiger charge is 2.29. The van der Waals surface area contributed by atoms with E-state index in [2.05, 4.69) is 21.2 Å².